The Hall–Kier alpha value is -0.950. The van der Waals surface area contributed by atoms with Crippen LogP contribution >= 0.6 is 33.9 Å². The van der Waals surface area contributed by atoms with Crippen molar-refractivity contribution in [3.63, 3.8) is 0 Å². The number of halogens is 1. The lowest BCUT2D eigenvalue weighted by molar-refractivity contribution is 0.194. The fourth-order valence-corrected chi connectivity index (χ4v) is 5.31. The number of hydrogen-bond donors (Lipinski definition) is 1. The number of aromatic nitrogens is 1. The van der Waals surface area contributed by atoms with E-state index in [1.54, 1.807) is 11.3 Å². The fourth-order valence-electron chi connectivity index (χ4n) is 4.29. The molecular formula is C19H22IN3S. The van der Waals surface area contributed by atoms with Crippen LogP contribution in [-0.4, -0.2) is 10.7 Å². The van der Waals surface area contributed by atoms with E-state index in [1.807, 2.05) is 0 Å². The van der Waals surface area contributed by atoms with Crippen molar-refractivity contribution >= 4 is 44.8 Å². The minimum absolute atomic E-state index is 0.237. The summed E-state index contributed by atoms with van der Waals surface area (Å²) in [5.74, 6) is 0.779. The van der Waals surface area contributed by atoms with E-state index < -0.39 is 0 Å². The van der Waals surface area contributed by atoms with E-state index in [2.05, 4.69) is 78.4 Å². The third-order valence-electron chi connectivity index (χ3n) is 6.44. The summed E-state index contributed by atoms with van der Waals surface area (Å²) in [7, 11) is 0. The van der Waals surface area contributed by atoms with E-state index in [0.717, 1.165) is 28.7 Å². The molecule has 2 bridgehead atoms. The average Bonchev–Trinajstić information content (AvgIpc) is 3.16. The molecule has 0 radical (unpaired) electrons. The highest BCUT2D eigenvalue weighted by Crippen LogP contribution is 2.63. The Labute approximate surface area is 161 Å². The number of nitrogens with one attached hydrogen (secondary N) is 1. The van der Waals surface area contributed by atoms with Crippen LogP contribution in [0.2, 0.25) is 0 Å². The van der Waals surface area contributed by atoms with Crippen LogP contribution in [0.25, 0.3) is 11.3 Å². The average molecular weight is 451 g/mol. The molecule has 126 valence electrons. The number of benzene rings is 1. The highest BCUT2D eigenvalue weighted by molar-refractivity contribution is 14.1. The molecule has 2 aliphatic carbocycles. The van der Waals surface area contributed by atoms with Crippen LogP contribution in [0.4, 0.5) is 5.13 Å². The van der Waals surface area contributed by atoms with Gasteiger partial charge in [0.2, 0.25) is 5.13 Å². The maximum absolute atomic E-state index is 4.78. The molecule has 2 aliphatic rings. The van der Waals surface area contributed by atoms with Crippen molar-refractivity contribution in [2.45, 2.75) is 40.0 Å². The highest BCUT2D eigenvalue weighted by Gasteiger charge is 2.59. The molecule has 0 unspecified atom stereocenters. The zero-order valence-electron chi connectivity index (χ0n) is 14.3. The van der Waals surface area contributed by atoms with E-state index in [-0.39, 0.29) is 5.41 Å². The third-order valence-corrected chi connectivity index (χ3v) is 7.91. The third kappa shape index (κ3) is 2.51. The molecule has 3 nitrogen and oxygen atoms in total. The minimum Gasteiger partial charge on any atom is -0.253 e. The SMILES string of the molecule is CC1(C)[C@H]2CC[C@]1(C)/C(=N\Nc1nc(-c3ccc(I)cc3)cs1)C2. The molecule has 2 saturated carbocycles. The van der Waals surface area contributed by atoms with Crippen LogP contribution in [0.15, 0.2) is 34.7 Å². The molecule has 2 aromatic rings. The molecule has 1 N–H and O–H groups in total. The zero-order chi connectivity index (χ0) is 16.9. The molecule has 2 atom stereocenters. The van der Waals surface area contributed by atoms with E-state index in [1.165, 1.54) is 22.1 Å². The van der Waals surface area contributed by atoms with Gasteiger partial charge in [-0.15, -0.1) is 11.3 Å². The standard InChI is InChI=1S/C19H22IN3S/c1-18(2)13-8-9-19(18,3)16(10-13)22-23-17-21-15(11-24-17)12-4-6-14(20)7-5-12/h4-7,11,13H,8-10H2,1-3H3,(H,21,23)/b22-16-/t13-,19+/m0/s1. The molecule has 2 fully saturated rings. The molecule has 1 heterocycles. The van der Waals surface area contributed by atoms with Crippen molar-refractivity contribution in [3.05, 3.63) is 33.2 Å². The van der Waals surface area contributed by atoms with Gasteiger partial charge in [-0.25, -0.2) is 4.98 Å². The summed E-state index contributed by atoms with van der Waals surface area (Å²) in [5.41, 5.74) is 7.32. The van der Waals surface area contributed by atoms with E-state index in [9.17, 15) is 0 Å². The Balaban J connectivity index is 1.52. The molecule has 4 rings (SSSR count). The normalized spacial score (nSPS) is 29.3. The van der Waals surface area contributed by atoms with Crippen molar-refractivity contribution < 1.29 is 0 Å². The van der Waals surface area contributed by atoms with Gasteiger partial charge in [0, 0.05) is 25.6 Å². The van der Waals surface area contributed by atoms with Crippen molar-refractivity contribution in [2.24, 2.45) is 21.8 Å². The quantitative estimate of drug-likeness (QED) is 0.457. The highest BCUT2D eigenvalue weighted by atomic mass is 127. The Kier molecular flexibility index (Phi) is 3.99. The molecule has 1 aromatic carbocycles. The Morgan fingerprint density at radius 3 is 2.62 bits per heavy atom. The van der Waals surface area contributed by atoms with Gasteiger partial charge in [0.1, 0.15) is 0 Å². The first-order valence-electron chi connectivity index (χ1n) is 8.45. The van der Waals surface area contributed by atoms with E-state index >= 15 is 0 Å². The molecule has 0 aliphatic heterocycles. The van der Waals surface area contributed by atoms with Crippen LogP contribution in [0, 0.1) is 20.3 Å². The summed E-state index contributed by atoms with van der Waals surface area (Å²) in [6.45, 7) is 7.20. The first kappa shape index (κ1) is 16.5. The van der Waals surface area contributed by atoms with Gasteiger partial charge in [0.05, 0.1) is 5.69 Å². The Bertz CT molecular complexity index is 793. The van der Waals surface area contributed by atoms with Gasteiger partial charge in [-0.05, 0) is 65.3 Å². The summed E-state index contributed by atoms with van der Waals surface area (Å²) in [6.07, 6.45) is 3.74. The topological polar surface area (TPSA) is 37.3 Å². The number of nitrogens with zero attached hydrogens (tertiary/aromatic N) is 2. The number of thiazole rings is 1. The number of hydrazone groups is 1. The molecule has 1 aromatic heterocycles. The van der Waals surface area contributed by atoms with E-state index in [0.29, 0.717) is 5.41 Å². The molecule has 24 heavy (non-hydrogen) atoms. The Morgan fingerprint density at radius 2 is 2.00 bits per heavy atom. The van der Waals surface area contributed by atoms with Crippen LogP contribution < -0.4 is 5.43 Å². The summed E-state index contributed by atoms with van der Waals surface area (Å²) in [4.78, 5) is 4.69. The van der Waals surface area contributed by atoms with Crippen LogP contribution in [0.5, 0.6) is 0 Å². The Morgan fingerprint density at radius 1 is 1.25 bits per heavy atom. The lowest BCUT2D eigenvalue weighted by Gasteiger charge is -2.34. The first-order valence-corrected chi connectivity index (χ1v) is 10.4. The number of hydrogen-bond acceptors (Lipinski definition) is 4. The van der Waals surface area contributed by atoms with Gasteiger partial charge >= 0.3 is 0 Å². The predicted molar refractivity (Wildman–Crippen MR) is 111 cm³/mol. The van der Waals surface area contributed by atoms with Gasteiger partial charge in [-0.2, -0.15) is 5.10 Å². The second kappa shape index (κ2) is 5.80. The second-order valence-electron chi connectivity index (χ2n) is 7.71. The van der Waals surface area contributed by atoms with Crippen molar-refractivity contribution in [2.75, 3.05) is 5.43 Å². The smallest absolute Gasteiger partial charge is 0.203 e. The molecule has 5 heteroatoms. The van der Waals surface area contributed by atoms with E-state index in [4.69, 9.17) is 10.1 Å². The first-order chi connectivity index (χ1) is 11.4. The largest absolute Gasteiger partial charge is 0.253 e. The van der Waals surface area contributed by atoms with Gasteiger partial charge < -0.3 is 0 Å². The molecule has 0 spiro atoms. The monoisotopic (exact) mass is 451 g/mol. The number of anilines is 1. The summed E-state index contributed by atoms with van der Waals surface area (Å²) < 4.78 is 1.24. The summed E-state index contributed by atoms with van der Waals surface area (Å²) in [6, 6.07) is 8.46. The van der Waals surface area contributed by atoms with Crippen LogP contribution in [0.1, 0.15) is 40.0 Å². The maximum Gasteiger partial charge on any atom is 0.203 e. The summed E-state index contributed by atoms with van der Waals surface area (Å²) >= 11 is 3.94. The fraction of sp³-hybridized carbons (Fsp3) is 0.474. The minimum atomic E-state index is 0.237. The predicted octanol–water partition coefficient (Wildman–Crippen LogP) is 6.03. The lowest BCUT2D eigenvalue weighted by Crippen LogP contribution is -2.32. The van der Waals surface area contributed by atoms with Gasteiger partial charge in [0.25, 0.3) is 0 Å². The van der Waals surface area contributed by atoms with Crippen molar-refractivity contribution in [3.8, 4) is 11.3 Å². The van der Waals surface area contributed by atoms with Gasteiger partial charge in [-0.3, -0.25) is 5.43 Å². The molecule has 0 saturated heterocycles. The number of rotatable bonds is 3. The number of fused-ring (bicyclic) bond motifs is 2. The van der Waals surface area contributed by atoms with Crippen LogP contribution in [0.3, 0.4) is 0 Å². The van der Waals surface area contributed by atoms with Gasteiger partial charge in [0.15, 0.2) is 0 Å². The molecule has 0 amide bonds. The van der Waals surface area contributed by atoms with Gasteiger partial charge in [-0.1, -0.05) is 32.9 Å². The van der Waals surface area contributed by atoms with Crippen molar-refractivity contribution in [1.29, 1.82) is 0 Å². The second-order valence-corrected chi connectivity index (χ2v) is 9.81. The van der Waals surface area contributed by atoms with Crippen molar-refractivity contribution in [1.82, 2.24) is 4.98 Å². The zero-order valence-corrected chi connectivity index (χ0v) is 17.2. The lowest BCUT2D eigenvalue weighted by atomic mass is 9.70. The van der Waals surface area contributed by atoms with Crippen LogP contribution in [-0.2, 0) is 0 Å². The maximum atomic E-state index is 4.78. The summed E-state index contributed by atoms with van der Waals surface area (Å²) in [5, 5.41) is 7.75. The molecular weight excluding hydrogens is 429 g/mol.